The molecular formula is C28H35NO4S. The summed E-state index contributed by atoms with van der Waals surface area (Å²) in [5.74, 6) is 3.06. The zero-order valence-electron chi connectivity index (χ0n) is 20.5. The Balaban J connectivity index is 1.16. The minimum atomic E-state index is -0.544. The van der Waals surface area contributed by atoms with Gasteiger partial charge in [-0.15, -0.1) is 11.3 Å². The number of aliphatic hydroxyl groups excluding tert-OH is 1. The summed E-state index contributed by atoms with van der Waals surface area (Å²) in [4.78, 5) is 3.84. The first-order valence-corrected chi connectivity index (χ1v) is 13.1. The summed E-state index contributed by atoms with van der Waals surface area (Å²) in [6.45, 7) is 8.32. The SMILES string of the molecule is COc1cccc2sc([C@@H]3CCN(C[C@H](O)COc4cccc5c4OC(C)(C)C5)[C@@H](C)C3)cc12. The summed E-state index contributed by atoms with van der Waals surface area (Å²) in [6, 6.07) is 15.0. The Bertz CT molecular complexity index is 1160. The van der Waals surface area contributed by atoms with Crippen molar-refractivity contribution in [3.05, 3.63) is 52.9 Å². The topological polar surface area (TPSA) is 51.2 Å². The lowest BCUT2D eigenvalue weighted by molar-refractivity contribution is 0.0388. The van der Waals surface area contributed by atoms with Gasteiger partial charge >= 0.3 is 0 Å². The molecule has 0 radical (unpaired) electrons. The van der Waals surface area contributed by atoms with Crippen LogP contribution in [-0.2, 0) is 6.42 Å². The van der Waals surface area contributed by atoms with Crippen molar-refractivity contribution in [1.82, 2.24) is 4.90 Å². The predicted molar refractivity (Wildman–Crippen MR) is 138 cm³/mol. The van der Waals surface area contributed by atoms with Gasteiger partial charge in [-0.05, 0) is 70.3 Å². The van der Waals surface area contributed by atoms with E-state index in [9.17, 15) is 5.11 Å². The number of likely N-dealkylation sites (tertiary alicyclic amines) is 1. The van der Waals surface area contributed by atoms with Crippen LogP contribution < -0.4 is 14.2 Å². The monoisotopic (exact) mass is 481 g/mol. The number of piperidine rings is 1. The molecule has 1 fully saturated rings. The summed E-state index contributed by atoms with van der Waals surface area (Å²) in [5.41, 5.74) is 0.964. The molecule has 5 rings (SSSR count). The van der Waals surface area contributed by atoms with E-state index in [1.54, 1.807) is 7.11 Å². The molecule has 1 aromatic heterocycles. The molecule has 2 aliphatic heterocycles. The molecule has 182 valence electrons. The van der Waals surface area contributed by atoms with Crippen LogP contribution in [0.15, 0.2) is 42.5 Å². The minimum Gasteiger partial charge on any atom is -0.496 e. The van der Waals surface area contributed by atoms with Gasteiger partial charge < -0.3 is 19.3 Å². The van der Waals surface area contributed by atoms with Crippen molar-refractivity contribution in [3.8, 4) is 17.2 Å². The van der Waals surface area contributed by atoms with Crippen LogP contribution in [0.3, 0.4) is 0 Å². The fraction of sp³-hybridized carbons (Fsp3) is 0.500. The van der Waals surface area contributed by atoms with E-state index in [1.165, 1.54) is 20.5 Å². The quantitative estimate of drug-likeness (QED) is 0.474. The summed E-state index contributed by atoms with van der Waals surface area (Å²) in [6.07, 6.45) is 2.53. The third kappa shape index (κ3) is 4.77. The predicted octanol–water partition coefficient (Wildman–Crippen LogP) is 5.63. The highest BCUT2D eigenvalue weighted by Crippen LogP contribution is 2.42. The van der Waals surface area contributed by atoms with Gasteiger partial charge in [0.05, 0.1) is 7.11 Å². The first-order chi connectivity index (χ1) is 16.3. The number of rotatable bonds is 7. The molecule has 5 nitrogen and oxygen atoms in total. The number of thiophene rings is 1. The molecule has 0 spiro atoms. The molecule has 1 saturated heterocycles. The van der Waals surface area contributed by atoms with Gasteiger partial charge in [-0.25, -0.2) is 0 Å². The summed E-state index contributed by atoms with van der Waals surface area (Å²) < 4.78 is 18.9. The molecule has 3 aromatic rings. The fourth-order valence-electron chi connectivity index (χ4n) is 5.39. The second kappa shape index (κ2) is 9.40. The van der Waals surface area contributed by atoms with Crippen LogP contribution in [0, 0.1) is 0 Å². The number of hydrogen-bond acceptors (Lipinski definition) is 6. The summed E-state index contributed by atoms with van der Waals surface area (Å²) >= 11 is 1.89. The van der Waals surface area contributed by atoms with Crippen molar-refractivity contribution in [3.63, 3.8) is 0 Å². The van der Waals surface area contributed by atoms with Gasteiger partial charge in [0.2, 0.25) is 0 Å². The highest BCUT2D eigenvalue weighted by molar-refractivity contribution is 7.19. The number of methoxy groups -OCH3 is 1. The largest absolute Gasteiger partial charge is 0.496 e. The normalized spacial score (nSPS) is 22.9. The molecule has 3 heterocycles. The molecule has 1 N–H and O–H groups in total. The van der Waals surface area contributed by atoms with Crippen molar-refractivity contribution in [1.29, 1.82) is 0 Å². The van der Waals surface area contributed by atoms with Crippen molar-refractivity contribution in [2.75, 3.05) is 26.8 Å². The molecule has 0 unspecified atom stereocenters. The number of para-hydroxylation sites is 1. The molecular weight excluding hydrogens is 446 g/mol. The molecule has 2 aliphatic rings. The maximum absolute atomic E-state index is 10.7. The molecule has 3 atom stereocenters. The minimum absolute atomic E-state index is 0.209. The molecule has 0 bridgehead atoms. The Morgan fingerprint density at radius 3 is 2.79 bits per heavy atom. The molecule has 34 heavy (non-hydrogen) atoms. The first kappa shape index (κ1) is 23.5. The zero-order valence-corrected chi connectivity index (χ0v) is 21.4. The van der Waals surface area contributed by atoms with E-state index in [2.05, 4.69) is 49.9 Å². The Labute approximate surface area is 206 Å². The van der Waals surface area contributed by atoms with Crippen LogP contribution in [0.25, 0.3) is 10.1 Å². The third-order valence-electron chi connectivity index (χ3n) is 7.11. The van der Waals surface area contributed by atoms with Gasteiger partial charge in [-0.3, -0.25) is 4.90 Å². The second-order valence-electron chi connectivity index (χ2n) is 10.3. The summed E-state index contributed by atoms with van der Waals surface area (Å²) in [5, 5.41) is 12.0. The van der Waals surface area contributed by atoms with Crippen molar-refractivity contribution >= 4 is 21.4 Å². The van der Waals surface area contributed by atoms with Gasteiger partial charge in [0.15, 0.2) is 11.5 Å². The van der Waals surface area contributed by atoms with E-state index in [1.807, 2.05) is 29.5 Å². The number of nitrogens with zero attached hydrogens (tertiary/aromatic N) is 1. The van der Waals surface area contributed by atoms with Gasteiger partial charge in [-0.1, -0.05) is 18.2 Å². The third-order valence-corrected chi connectivity index (χ3v) is 8.37. The van der Waals surface area contributed by atoms with Gasteiger partial charge in [0.25, 0.3) is 0 Å². The molecule has 0 aliphatic carbocycles. The van der Waals surface area contributed by atoms with E-state index in [4.69, 9.17) is 14.2 Å². The van der Waals surface area contributed by atoms with Gasteiger partial charge in [0, 0.05) is 39.5 Å². The average molecular weight is 482 g/mol. The van der Waals surface area contributed by atoms with Gasteiger partial charge in [-0.2, -0.15) is 0 Å². The van der Waals surface area contributed by atoms with Crippen molar-refractivity contribution < 1.29 is 19.3 Å². The standard InChI is InChI=1S/C28H35NO4S/c1-18-13-19(26-14-22-23(31-4)8-6-10-25(22)34-26)11-12-29(18)16-21(30)17-32-24-9-5-7-20-15-28(2,3)33-27(20)24/h5-10,14,18-19,21,30H,11-13,15-17H2,1-4H3/t18-,19+,21-/m0/s1. The van der Waals surface area contributed by atoms with Crippen LogP contribution in [-0.4, -0.2) is 54.6 Å². The number of hydrogen-bond donors (Lipinski definition) is 1. The van der Waals surface area contributed by atoms with E-state index >= 15 is 0 Å². The maximum atomic E-state index is 10.7. The number of aliphatic hydroxyl groups is 1. The lowest BCUT2D eigenvalue weighted by Crippen LogP contribution is -2.45. The van der Waals surface area contributed by atoms with Gasteiger partial charge in [0.1, 0.15) is 24.1 Å². The van der Waals surface area contributed by atoms with E-state index < -0.39 is 6.10 Å². The lowest BCUT2D eigenvalue weighted by Gasteiger charge is -2.38. The first-order valence-electron chi connectivity index (χ1n) is 12.3. The van der Waals surface area contributed by atoms with Crippen LogP contribution in [0.4, 0.5) is 0 Å². The highest BCUT2D eigenvalue weighted by atomic mass is 32.1. The Morgan fingerprint density at radius 1 is 1.21 bits per heavy atom. The molecule has 0 saturated carbocycles. The number of β-amino-alcohol motifs (C(OH)–C–C–N with tert-alkyl or cyclic N) is 1. The molecule has 2 aromatic carbocycles. The highest BCUT2D eigenvalue weighted by Gasteiger charge is 2.33. The average Bonchev–Trinajstić information content (AvgIpc) is 3.38. The summed E-state index contributed by atoms with van der Waals surface area (Å²) in [7, 11) is 1.74. The zero-order chi connectivity index (χ0) is 23.9. The molecule has 6 heteroatoms. The van der Waals surface area contributed by atoms with E-state index in [0.717, 1.165) is 43.1 Å². The smallest absolute Gasteiger partial charge is 0.165 e. The number of fused-ring (bicyclic) bond motifs is 2. The van der Waals surface area contributed by atoms with E-state index in [0.29, 0.717) is 18.5 Å². The van der Waals surface area contributed by atoms with Crippen molar-refractivity contribution in [2.24, 2.45) is 0 Å². The maximum Gasteiger partial charge on any atom is 0.165 e. The Kier molecular flexibility index (Phi) is 6.49. The van der Waals surface area contributed by atoms with Crippen LogP contribution in [0.1, 0.15) is 50.0 Å². The van der Waals surface area contributed by atoms with E-state index in [-0.39, 0.29) is 12.2 Å². The van der Waals surface area contributed by atoms with Crippen LogP contribution in [0.5, 0.6) is 17.2 Å². The fourth-order valence-corrected chi connectivity index (χ4v) is 6.62. The van der Waals surface area contributed by atoms with Crippen LogP contribution >= 0.6 is 11.3 Å². The number of benzene rings is 2. The Morgan fingerprint density at radius 2 is 2.00 bits per heavy atom. The lowest BCUT2D eigenvalue weighted by atomic mass is 9.90. The molecule has 0 amide bonds. The second-order valence-corrected chi connectivity index (χ2v) is 11.4. The number of ether oxygens (including phenoxy) is 3. The van der Waals surface area contributed by atoms with Crippen LogP contribution in [0.2, 0.25) is 0 Å². The van der Waals surface area contributed by atoms with Crippen molar-refractivity contribution in [2.45, 2.75) is 63.7 Å². The Hall–Kier alpha value is -2.28.